The molecule has 4 nitrogen and oxygen atoms in total. The second-order valence-electron chi connectivity index (χ2n) is 6.94. The molecule has 1 fully saturated rings. The number of hydrogen-bond acceptors (Lipinski definition) is 2. The highest BCUT2D eigenvalue weighted by Crippen LogP contribution is 2.38. The van der Waals surface area contributed by atoms with Crippen molar-refractivity contribution in [2.24, 2.45) is 11.8 Å². The van der Waals surface area contributed by atoms with E-state index >= 15 is 0 Å². The zero-order valence-electron chi connectivity index (χ0n) is 14.4. The molecule has 0 aromatic heterocycles. The maximum Gasteiger partial charge on any atom is 0.224 e. The van der Waals surface area contributed by atoms with Crippen LogP contribution in [-0.4, -0.2) is 18.4 Å². The Morgan fingerprint density at radius 3 is 2.44 bits per heavy atom. The van der Waals surface area contributed by atoms with E-state index in [4.69, 9.17) is 0 Å². The summed E-state index contributed by atoms with van der Waals surface area (Å²) < 4.78 is 12.8. The Morgan fingerprint density at radius 2 is 1.76 bits per heavy atom. The summed E-state index contributed by atoms with van der Waals surface area (Å²) in [6, 6.07) is 6.03. The van der Waals surface area contributed by atoms with Gasteiger partial charge in [0.1, 0.15) is 5.82 Å². The van der Waals surface area contributed by atoms with E-state index in [0.29, 0.717) is 19.5 Å². The number of carbonyl (C=O) groups excluding carboxylic acids is 2. The Hall–Kier alpha value is -2.17. The summed E-state index contributed by atoms with van der Waals surface area (Å²) >= 11 is 0. The Labute approximate surface area is 147 Å². The number of benzene rings is 1. The molecule has 0 aliphatic heterocycles. The van der Waals surface area contributed by atoms with E-state index in [-0.39, 0.29) is 29.5 Å². The molecule has 1 aromatic rings. The monoisotopic (exact) mass is 344 g/mol. The van der Waals surface area contributed by atoms with Crippen molar-refractivity contribution < 1.29 is 14.0 Å². The van der Waals surface area contributed by atoms with Crippen LogP contribution in [-0.2, 0) is 16.1 Å². The quantitative estimate of drug-likeness (QED) is 0.747. The fourth-order valence-electron chi connectivity index (χ4n) is 3.31. The van der Waals surface area contributed by atoms with Crippen molar-refractivity contribution in [3.63, 3.8) is 0 Å². The highest BCUT2D eigenvalue weighted by molar-refractivity contribution is 5.92. The van der Waals surface area contributed by atoms with Gasteiger partial charge in [-0.1, -0.05) is 23.8 Å². The van der Waals surface area contributed by atoms with Gasteiger partial charge in [-0.25, -0.2) is 4.39 Å². The average Bonchev–Trinajstić information content (AvgIpc) is 3.43. The first-order chi connectivity index (χ1) is 12.1. The van der Waals surface area contributed by atoms with Crippen molar-refractivity contribution >= 4 is 11.8 Å². The Morgan fingerprint density at radius 1 is 1.04 bits per heavy atom. The second kappa shape index (κ2) is 8.28. The molecule has 5 heteroatoms. The van der Waals surface area contributed by atoms with Crippen LogP contribution in [0.1, 0.15) is 44.1 Å². The van der Waals surface area contributed by atoms with Gasteiger partial charge in [-0.3, -0.25) is 9.59 Å². The lowest BCUT2D eigenvalue weighted by Crippen LogP contribution is -2.30. The number of rotatable bonds is 7. The number of amides is 2. The van der Waals surface area contributed by atoms with Gasteiger partial charge in [0.15, 0.2) is 0 Å². The van der Waals surface area contributed by atoms with Crippen molar-refractivity contribution in [2.75, 3.05) is 6.54 Å². The highest BCUT2D eigenvalue weighted by atomic mass is 19.1. The van der Waals surface area contributed by atoms with Crippen LogP contribution in [0.4, 0.5) is 4.39 Å². The van der Waals surface area contributed by atoms with Crippen molar-refractivity contribution in [1.82, 2.24) is 10.6 Å². The molecule has 0 spiro atoms. The number of carbonyl (C=O) groups is 2. The first-order valence-corrected chi connectivity index (χ1v) is 9.11. The molecule has 2 amide bonds. The molecule has 0 saturated heterocycles. The van der Waals surface area contributed by atoms with Crippen LogP contribution in [0.2, 0.25) is 0 Å². The molecular weight excluding hydrogens is 319 g/mol. The third-order valence-electron chi connectivity index (χ3n) is 4.97. The van der Waals surface area contributed by atoms with Gasteiger partial charge in [-0.15, -0.1) is 0 Å². The first-order valence-electron chi connectivity index (χ1n) is 9.11. The van der Waals surface area contributed by atoms with Crippen molar-refractivity contribution in [3.8, 4) is 0 Å². The molecule has 3 rings (SSSR count). The molecule has 2 atom stereocenters. The minimum Gasteiger partial charge on any atom is -0.356 e. The number of allylic oxidation sites excluding steroid dienone is 1. The van der Waals surface area contributed by atoms with Crippen LogP contribution < -0.4 is 10.6 Å². The molecule has 25 heavy (non-hydrogen) atoms. The molecule has 2 aliphatic rings. The molecular formula is C20H25FN2O2. The molecule has 2 aliphatic carbocycles. The van der Waals surface area contributed by atoms with Gasteiger partial charge in [0.25, 0.3) is 0 Å². The minimum absolute atomic E-state index is 0.0154. The van der Waals surface area contributed by atoms with Crippen molar-refractivity contribution in [1.29, 1.82) is 0 Å². The van der Waals surface area contributed by atoms with Crippen LogP contribution in [0.5, 0.6) is 0 Å². The summed E-state index contributed by atoms with van der Waals surface area (Å²) in [5.74, 6) is -0.835. The van der Waals surface area contributed by atoms with Crippen LogP contribution in [0.25, 0.3) is 0 Å². The number of nitrogens with one attached hydrogen (secondary N) is 2. The zero-order valence-corrected chi connectivity index (χ0v) is 14.4. The van der Waals surface area contributed by atoms with Crippen LogP contribution >= 0.6 is 0 Å². The fourth-order valence-corrected chi connectivity index (χ4v) is 3.31. The SMILES string of the molecule is O=C(NCCC1=CCCCC1)C1CC1C(=O)NCc1ccc(F)cc1. The van der Waals surface area contributed by atoms with Gasteiger partial charge in [0.2, 0.25) is 11.8 Å². The van der Waals surface area contributed by atoms with E-state index in [1.54, 1.807) is 12.1 Å². The smallest absolute Gasteiger partial charge is 0.224 e. The van der Waals surface area contributed by atoms with Gasteiger partial charge in [-0.2, -0.15) is 0 Å². The summed E-state index contributed by atoms with van der Waals surface area (Å²) in [6.45, 7) is 1.02. The predicted molar refractivity (Wildman–Crippen MR) is 94.0 cm³/mol. The lowest BCUT2D eigenvalue weighted by molar-refractivity contribution is -0.127. The molecule has 0 bridgehead atoms. The topological polar surface area (TPSA) is 58.2 Å². The van der Waals surface area contributed by atoms with E-state index in [9.17, 15) is 14.0 Å². The second-order valence-corrected chi connectivity index (χ2v) is 6.94. The normalized spacial score (nSPS) is 22.0. The maximum absolute atomic E-state index is 12.8. The van der Waals surface area contributed by atoms with Gasteiger partial charge >= 0.3 is 0 Å². The number of hydrogen-bond donors (Lipinski definition) is 2. The summed E-state index contributed by atoms with van der Waals surface area (Å²) in [5.41, 5.74) is 2.29. The first kappa shape index (κ1) is 17.6. The van der Waals surface area contributed by atoms with Crippen molar-refractivity contribution in [2.45, 2.75) is 45.1 Å². The minimum atomic E-state index is -0.294. The van der Waals surface area contributed by atoms with E-state index in [1.807, 2.05) is 0 Å². The third kappa shape index (κ3) is 5.15. The molecule has 1 aromatic carbocycles. The lowest BCUT2D eigenvalue weighted by atomic mass is 9.97. The lowest BCUT2D eigenvalue weighted by Gasteiger charge is -2.13. The Kier molecular flexibility index (Phi) is 5.84. The van der Waals surface area contributed by atoms with E-state index in [2.05, 4.69) is 16.7 Å². The largest absolute Gasteiger partial charge is 0.356 e. The fraction of sp³-hybridized carbons (Fsp3) is 0.500. The molecule has 1 saturated carbocycles. The molecule has 2 unspecified atom stereocenters. The van der Waals surface area contributed by atoms with Crippen LogP contribution in [0, 0.1) is 17.7 Å². The van der Waals surface area contributed by atoms with Crippen LogP contribution in [0.3, 0.4) is 0 Å². The summed E-state index contributed by atoms with van der Waals surface area (Å²) in [4.78, 5) is 24.2. The van der Waals surface area contributed by atoms with E-state index < -0.39 is 0 Å². The maximum atomic E-state index is 12.8. The molecule has 0 radical (unpaired) electrons. The molecule has 2 N–H and O–H groups in total. The Bertz CT molecular complexity index is 654. The van der Waals surface area contributed by atoms with Gasteiger partial charge < -0.3 is 10.6 Å². The standard InChI is InChI=1S/C20H25FN2O2/c21-16-8-6-15(7-9-16)13-23-20(25)18-12-17(18)19(24)22-11-10-14-4-2-1-3-5-14/h4,6-9,17-18H,1-3,5,10-13H2,(H,22,24)(H,23,25). The zero-order chi connectivity index (χ0) is 17.6. The van der Waals surface area contributed by atoms with Crippen LogP contribution in [0.15, 0.2) is 35.9 Å². The predicted octanol–water partition coefficient (Wildman–Crippen LogP) is 3.08. The van der Waals surface area contributed by atoms with Gasteiger partial charge in [0.05, 0.1) is 11.8 Å². The third-order valence-corrected chi connectivity index (χ3v) is 4.97. The number of halogens is 1. The average molecular weight is 344 g/mol. The Balaban J connectivity index is 1.35. The summed E-state index contributed by atoms with van der Waals surface area (Å²) in [5, 5.41) is 5.78. The van der Waals surface area contributed by atoms with Crippen molar-refractivity contribution in [3.05, 3.63) is 47.3 Å². The highest BCUT2D eigenvalue weighted by Gasteiger charge is 2.47. The van der Waals surface area contributed by atoms with Gasteiger partial charge in [-0.05, 0) is 56.2 Å². The van der Waals surface area contributed by atoms with Gasteiger partial charge in [0, 0.05) is 13.1 Å². The molecule has 134 valence electrons. The van der Waals surface area contributed by atoms with E-state index in [0.717, 1.165) is 24.8 Å². The van der Waals surface area contributed by atoms with E-state index in [1.165, 1.54) is 30.5 Å². The molecule has 0 heterocycles. The summed E-state index contributed by atoms with van der Waals surface area (Å²) in [6.07, 6.45) is 8.64. The summed E-state index contributed by atoms with van der Waals surface area (Å²) in [7, 11) is 0.